The largest absolute Gasteiger partial charge is 0.311 e. The minimum atomic E-state index is -0.200. The van der Waals surface area contributed by atoms with Crippen LogP contribution >= 0.6 is 11.6 Å². The second kappa shape index (κ2) is 6.69. The molecule has 0 aliphatic carbocycles. The molecule has 106 valence electrons. The summed E-state index contributed by atoms with van der Waals surface area (Å²) in [7, 11) is 0. The normalized spacial score (nSPS) is 24.6. The first-order valence-corrected chi connectivity index (χ1v) is 7.43. The van der Waals surface area contributed by atoms with Gasteiger partial charge in [0.1, 0.15) is 5.82 Å². The summed E-state index contributed by atoms with van der Waals surface area (Å²) in [5.74, 6) is -0.200. The van der Waals surface area contributed by atoms with E-state index in [9.17, 15) is 4.39 Å². The Kier molecular flexibility index (Phi) is 5.20. The van der Waals surface area contributed by atoms with Crippen LogP contribution in [-0.2, 0) is 6.54 Å². The number of piperazine rings is 1. The lowest BCUT2D eigenvalue weighted by Crippen LogP contribution is -2.55. The van der Waals surface area contributed by atoms with Gasteiger partial charge in [0.25, 0.3) is 0 Å². The fourth-order valence-corrected chi connectivity index (χ4v) is 2.83. The lowest BCUT2D eigenvalue weighted by atomic mass is 10.0. The Morgan fingerprint density at radius 1 is 1.37 bits per heavy atom. The van der Waals surface area contributed by atoms with E-state index in [1.54, 1.807) is 12.1 Å². The molecule has 1 aliphatic heterocycles. The first-order valence-electron chi connectivity index (χ1n) is 7.05. The number of nitrogens with one attached hydrogen (secondary N) is 1. The van der Waals surface area contributed by atoms with E-state index in [0.29, 0.717) is 23.7 Å². The fourth-order valence-electron chi connectivity index (χ4n) is 2.67. The third kappa shape index (κ3) is 3.68. The molecule has 1 aromatic rings. The van der Waals surface area contributed by atoms with Crippen LogP contribution in [0.15, 0.2) is 18.2 Å². The Labute approximate surface area is 119 Å². The molecule has 0 saturated carbocycles. The molecular weight excluding hydrogens is 263 g/mol. The van der Waals surface area contributed by atoms with E-state index in [4.69, 9.17) is 11.6 Å². The summed E-state index contributed by atoms with van der Waals surface area (Å²) in [5, 5.41) is 4.01. The van der Waals surface area contributed by atoms with Crippen molar-refractivity contribution >= 4 is 11.6 Å². The van der Waals surface area contributed by atoms with Gasteiger partial charge in [0, 0.05) is 42.3 Å². The van der Waals surface area contributed by atoms with Crippen molar-refractivity contribution in [1.29, 1.82) is 0 Å². The number of benzene rings is 1. The Morgan fingerprint density at radius 2 is 2.16 bits per heavy atom. The number of halogens is 2. The number of hydrogen-bond acceptors (Lipinski definition) is 2. The highest BCUT2D eigenvalue weighted by molar-refractivity contribution is 6.30. The molecule has 0 aromatic heterocycles. The van der Waals surface area contributed by atoms with Crippen LogP contribution in [0.2, 0.25) is 5.02 Å². The van der Waals surface area contributed by atoms with Crippen molar-refractivity contribution in [1.82, 2.24) is 10.2 Å². The van der Waals surface area contributed by atoms with Gasteiger partial charge in [0.15, 0.2) is 0 Å². The molecule has 1 aliphatic rings. The van der Waals surface area contributed by atoms with Gasteiger partial charge in [0.05, 0.1) is 0 Å². The summed E-state index contributed by atoms with van der Waals surface area (Å²) in [4.78, 5) is 2.39. The smallest absolute Gasteiger partial charge is 0.129 e. The van der Waals surface area contributed by atoms with E-state index < -0.39 is 0 Å². The van der Waals surface area contributed by atoms with Gasteiger partial charge in [-0.3, -0.25) is 4.90 Å². The first-order chi connectivity index (χ1) is 9.13. The molecule has 1 aromatic carbocycles. The topological polar surface area (TPSA) is 15.3 Å². The quantitative estimate of drug-likeness (QED) is 0.911. The number of nitrogens with zero attached hydrogens (tertiary/aromatic N) is 1. The maximum atomic E-state index is 13.9. The predicted molar refractivity (Wildman–Crippen MR) is 78.0 cm³/mol. The van der Waals surface area contributed by atoms with Crippen LogP contribution in [0.3, 0.4) is 0 Å². The molecule has 2 atom stereocenters. The standard InChI is InChI=1S/C15H22ClFN2/c1-3-13-10-19(14(4-2)8-18-13)9-11-5-6-12(16)7-15(11)17/h5-7,13-14,18H,3-4,8-10H2,1-2H3. The van der Waals surface area contributed by atoms with Crippen molar-refractivity contribution in [3.05, 3.63) is 34.6 Å². The van der Waals surface area contributed by atoms with Gasteiger partial charge in [-0.2, -0.15) is 0 Å². The molecule has 1 saturated heterocycles. The van der Waals surface area contributed by atoms with Crippen LogP contribution in [0.5, 0.6) is 0 Å². The minimum absolute atomic E-state index is 0.200. The first kappa shape index (κ1) is 14.8. The van der Waals surface area contributed by atoms with Crippen molar-refractivity contribution in [2.75, 3.05) is 13.1 Å². The maximum Gasteiger partial charge on any atom is 0.129 e. The Hall–Kier alpha value is -0.640. The summed E-state index contributed by atoms with van der Waals surface area (Å²) >= 11 is 5.80. The van der Waals surface area contributed by atoms with Crippen LogP contribution in [0.1, 0.15) is 32.3 Å². The van der Waals surface area contributed by atoms with E-state index in [1.807, 2.05) is 0 Å². The average Bonchev–Trinajstić information content (AvgIpc) is 2.41. The van der Waals surface area contributed by atoms with Gasteiger partial charge in [-0.05, 0) is 25.0 Å². The maximum absolute atomic E-state index is 13.9. The Bertz CT molecular complexity index is 425. The van der Waals surface area contributed by atoms with Crippen LogP contribution in [0.4, 0.5) is 4.39 Å². The zero-order valence-corrected chi connectivity index (χ0v) is 12.4. The molecule has 2 rings (SSSR count). The number of rotatable bonds is 4. The zero-order chi connectivity index (χ0) is 13.8. The highest BCUT2D eigenvalue weighted by atomic mass is 35.5. The summed E-state index contributed by atoms with van der Waals surface area (Å²) in [6, 6.07) is 5.96. The lowest BCUT2D eigenvalue weighted by molar-refractivity contribution is 0.116. The van der Waals surface area contributed by atoms with E-state index in [-0.39, 0.29) is 5.82 Å². The summed E-state index contributed by atoms with van der Waals surface area (Å²) < 4.78 is 13.9. The van der Waals surface area contributed by atoms with E-state index in [1.165, 1.54) is 6.07 Å². The van der Waals surface area contributed by atoms with Crippen molar-refractivity contribution in [3.8, 4) is 0 Å². The van der Waals surface area contributed by atoms with E-state index >= 15 is 0 Å². The highest BCUT2D eigenvalue weighted by Gasteiger charge is 2.26. The molecule has 0 spiro atoms. The van der Waals surface area contributed by atoms with Gasteiger partial charge in [-0.15, -0.1) is 0 Å². The van der Waals surface area contributed by atoms with Crippen molar-refractivity contribution in [3.63, 3.8) is 0 Å². The minimum Gasteiger partial charge on any atom is -0.311 e. The molecule has 1 fully saturated rings. The molecule has 1 heterocycles. The monoisotopic (exact) mass is 284 g/mol. The molecule has 2 unspecified atom stereocenters. The van der Waals surface area contributed by atoms with E-state index in [2.05, 4.69) is 24.1 Å². The van der Waals surface area contributed by atoms with Gasteiger partial charge >= 0.3 is 0 Å². The van der Waals surface area contributed by atoms with Crippen molar-refractivity contribution in [2.24, 2.45) is 0 Å². The van der Waals surface area contributed by atoms with Crippen LogP contribution in [-0.4, -0.2) is 30.1 Å². The molecule has 4 heteroatoms. The van der Waals surface area contributed by atoms with Crippen molar-refractivity contribution in [2.45, 2.75) is 45.3 Å². The molecular formula is C15H22ClFN2. The summed E-state index contributed by atoms with van der Waals surface area (Å²) in [6.07, 6.45) is 2.19. The second-order valence-corrected chi connectivity index (χ2v) is 5.68. The second-order valence-electron chi connectivity index (χ2n) is 5.24. The SMILES string of the molecule is CCC1CN(Cc2ccc(Cl)cc2F)C(CC)CN1. The van der Waals surface area contributed by atoms with Gasteiger partial charge in [0.2, 0.25) is 0 Å². The highest BCUT2D eigenvalue weighted by Crippen LogP contribution is 2.20. The zero-order valence-electron chi connectivity index (χ0n) is 11.6. The third-order valence-corrected chi connectivity index (χ3v) is 4.20. The predicted octanol–water partition coefficient (Wildman–Crippen LogP) is 3.44. The van der Waals surface area contributed by atoms with Gasteiger partial charge in [-0.25, -0.2) is 4.39 Å². The molecule has 0 radical (unpaired) electrons. The van der Waals surface area contributed by atoms with Gasteiger partial charge in [-0.1, -0.05) is 31.5 Å². The molecule has 1 N–H and O–H groups in total. The van der Waals surface area contributed by atoms with Gasteiger partial charge < -0.3 is 5.32 Å². The van der Waals surface area contributed by atoms with E-state index in [0.717, 1.165) is 31.5 Å². The van der Waals surface area contributed by atoms with Crippen molar-refractivity contribution < 1.29 is 4.39 Å². The number of hydrogen-bond donors (Lipinski definition) is 1. The third-order valence-electron chi connectivity index (χ3n) is 3.97. The average molecular weight is 285 g/mol. The summed E-state index contributed by atoms with van der Waals surface area (Å²) in [5.41, 5.74) is 0.736. The molecule has 19 heavy (non-hydrogen) atoms. The molecule has 0 bridgehead atoms. The molecule has 0 amide bonds. The van der Waals surface area contributed by atoms with Crippen LogP contribution < -0.4 is 5.32 Å². The Morgan fingerprint density at radius 3 is 2.79 bits per heavy atom. The fraction of sp³-hybridized carbons (Fsp3) is 0.600. The van der Waals surface area contributed by atoms with Crippen LogP contribution in [0, 0.1) is 5.82 Å². The molecule has 2 nitrogen and oxygen atoms in total. The summed E-state index contributed by atoms with van der Waals surface area (Å²) in [6.45, 7) is 7.01. The Balaban J connectivity index is 2.09. The lowest BCUT2D eigenvalue weighted by Gasteiger charge is -2.40. The van der Waals surface area contributed by atoms with Crippen LogP contribution in [0.25, 0.3) is 0 Å².